The van der Waals surface area contributed by atoms with Gasteiger partial charge in [-0.3, -0.25) is 0 Å². The number of rotatable bonds is 6. The van der Waals surface area contributed by atoms with Crippen LogP contribution in [0.2, 0.25) is 0 Å². The van der Waals surface area contributed by atoms with Gasteiger partial charge in [0.05, 0.1) is 72.8 Å². The number of nitrogens with zero attached hydrogens (tertiary/aromatic N) is 6. The van der Waals surface area contributed by atoms with Crippen LogP contribution < -0.4 is 0 Å². The third kappa shape index (κ3) is 4.48. The van der Waals surface area contributed by atoms with Crippen LogP contribution in [-0.4, -0.2) is 44.3 Å². The van der Waals surface area contributed by atoms with E-state index < -0.39 is 12.2 Å². The van der Waals surface area contributed by atoms with Gasteiger partial charge in [-0.2, -0.15) is 0 Å². The van der Waals surface area contributed by atoms with Crippen molar-refractivity contribution in [1.29, 1.82) is 0 Å². The maximum absolute atomic E-state index is 14.2. The SMILES string of the molecule is OC(CC1c2c(F)cccc2-c2cncn21)c1nccs1.OC(CC1c2ccccc2-c2cncn21)c1cnc[nH]1. The van der Waals surface area contributed by atoms with Gasteiger partial charge in [0.25, 0.3) is 0 Å². The lowest BCUT2D eigenvalue weighted by molar-refractivity contribution is 0.149. The van der Waals surface area contributed by atoms with Crippen molar-refractivity contribution in [2.45, 2.75) is 37.1 Å². The predicted molar refractivity (Wildman–Crippen MR) is 151 cm³/mol. The van der Waals surface area contributed by atoms with Gasteiger partial charge in [-0.15, -0.1) is 11.3 Å². The Bertz CT molecular complexity index is 1780. The molecule has 0 radical (unpaired) electrons. The molecule has 9 nitrogen and oxygen atoms in total. The number of H-pyrrole nitrogens is 1. The molecule has 0 amide bonds. The number of imidazole rings is 3. The number of halogens is 1. The quantitative estimate of drug-likeness (QED) is 0.246. The summed E-state index contributed by atoms with van der Waals surface area (Å²) in [7, 11) is 0. The van der Waals surface area contributed by atoms with Gasteiger partial charge in [-0.1, -0.05) is 36.4 Å². The van der Waals surface area contributed by atoms with E-state index in [2.05, 4.69) is 41.6 Å². The molecule has 6 heterocycles. The summed E-state index contributed by atoms with van der Waals surface area (Å²) in [5, 5.41) is 23.2. The van der Waals surface area contributed by atoms with Gasteiger partial charge in [-0.05, 0) is 11.6 Å². The number of aromatic amines is 1. The van der Waals surface area contributed by atoms with E-state index in [1.165, 1.54) is 28.5 Å². The molecule has 3 N–H and O–H groups in total. The molecule has 8 rings (SSSR count). The normalized spacial score (nSPS) is 17.6. The molecule has 0 fully saturated rings. The van der Waals surface area contributed by atoms with E-state index in [9.17, 15) is 14.6 Å². The number of fused-ring (bicyclic) bond motifs is 6. The average molecular weight is 568 g/mol. The highest BCUT2D eigenvalue weighted by Gasteiger charge is 2.33. The molecule has 0 saturated heterocycles. The fourth-order valence-electron chi connectivity index (χ4n) is 5.90. The molecule has 2 aromatic carbocycles. The number of hydrogen-bond donors (Lipinski definition) is 3. The maximum atomic E-state index is 14.2. The Hall–Kier alpha value is -4.45. The minimum atomic E-state index is -0.712. The number of benzene rings is 2. The molecule has 0 bridgehead atoms. The average Bonchev–Trinajstić information content (AvgIpc) is 3.82. The second-order valence-electron chi connectivity index (χ2n) is 10.1. The van der Waals surface area contributed by atoms with Crippen molar-refractivity contribution in [2.24, 2.45) is 0 Å². The summed E-state index contributed by atoms with van der Waals surface area (Å²) >= 11 is 1.40. The summed E-state index contributed by atoms with van der Waals surface area (Å²) < 4.78 is 18.3. The van der Waals surface area contributed by atoms with Crippen molar-refractivity contribution in [3.63, 3.8) is 0 Å². The summed E-state index contributed by atoms with van der Waals surface area (Å²) in [6, 6.07) is 13.2. The zero-order valence-electron chi connectivity index (χ0n) is 21.7. The number of aliphatic hydroxyl groups is 2. The first-order chi connectivity index (χ1) is 20.1. The topological polar surface area (TPSA) is 118 Å². The summed E-state index contributed by atoms with van der Waals surface area (Å²) in [6.07, 6.45) is 11.7. The molecule has 4 atom stereocenters. The van der Waals surface area contributed by atoms with Gasteiger partial charge in [0.1, 0.15) is 16.9 Å². The van der Waals surface area contributed by atoms with E-state index in [1.54, 1.807) is 37.3 Å². The van der Waals surface area contributed by atoms with Crippen LogP contribution in [-0.2, 0) is 0 Å². The molecule has 206 valence electrons. The minimum Gasteiger partial charge on any atom is -0.387 e. The van der Waals surface area contributed by atoms with Gasteiger partial charge in [-0.25, -0.2) is 24.3 Å². The molecule has 4 unspecified atom stereocenters. The van der Waals surface area contributed by atoms with Gasteiger partial charge in [0.2, 0.25) is 0 Å². The Morgan fingerprint density at radius 2 is 1.59 bits per heavy atom. The van der Waals surface area contributed by atoms with Gasteiger partial charge < -0.3 is 24.3 Å². The van der Waals surface area contributed by atoms with Crippen molar-refractivity contribution >= 4 is 11.3 Å². The molecular weight excluding hydrogens is 541 g/mol. The fourth-order valence-corrected chi connectivity index (χ4v) is 6.54. The molecular formula is C30H26FN7O2S. The lowest BCUT2D eigenvalue weighted by Crippen LogP contribution is -2.11. The Kier molecular flexibility index (Phi) is 6.54. The second-order valence-corrected chi connectivity index (χ2v) is 11.0. The summed E-state index contributed by atoms with van der Waals surface area (Å²) in [4.78, 5) is 19.4. The molecule has 0 aliphatic carbocycles. The predicted octanol–water partition coefficient (Wildman–Crippen LogP) is 5.47. The molecule has 2 aliphatic rings. The first-order valence-corrected chi connectivity index (χ1v) is 14.1. The van der Waals surface area contributed by atoms with E-state index in [0.29, 0.717) is 23.4 Å². The highest BCUT2D eigenvalue weighted by molar-refractivity contribution is 7.09. The van der Waals surface area contributed by atoms with Crippen molar-refractivity contribution in [3.8, 4) is 22.5 Å². The molecule has 6 aromatic rings. The van der Waals surface area contributed by atoms with Crippen molar-refractivity contribution in [2.75, 3.05) is 0 Å². The van der Waals surface area contributed by atoms with Crippen LogP contribution in [0.1, 0.15) is 59.0 Å². The van der Waals surface area contributed by atoms with Crippen LogP contribution >= 0.6 is 11.3 Å². The number of aliphatic hydroxyl groups excluding tert-OH is 2. The second kappa shape index (κ2) is 10.5. The molecule has 41 heavy (non-hydrogen) atoms. The Morgan fingerprint density at radius 3 is 2.34 bits per heavy atom. The summed E-state index contributed by atoms with van der Waals surface area (Å²) in [6.45, 7) is 0. The lowest BCUT2D eigenvalue weighted by Gasteiger charge is -2.18. The fraction of sp³-hybridized carbons (Fsp3) is 0.200. The van der Waals surface area contributed by atoms with Crippen LogP contribution in [0.25, 0.3) is 22.5 Å². The van der Waals surface area contributed by atoms with E-state index in [4.69, 9.17) is 0 Å². The van der Waals surface area contributed by atoms with Crippen molar-refractivity contribution in [1.82, 2.24) is 34.1 Å². The van der Waals surface area contributed by atoms with Gasteiger partial charge in [0, 0.05) is 41.1 Å². The molecule has 2 aliphatic heterocycles. The van der Waals surface area contributed by atoms with Crippen LogP contribution in [0, 0.1) is 5.82 Å². The van der Waals surface area contributed by atoms with Crippen molar-refractivity contribution in [3.05, 3.63) is 119 Å². The number of thiazole rings is 1. The molecule has 11 heteroatoms. The number of nitrogens with one attached hydrogen (secondary N) is 1. The molecule has 4 aromatic heterocycles. The first-order valence-electron chi connectivity index (χ1n) is 13.3. The minimum absolute atomic E-state index is 0.113. The molecule has 0 saturated carbocycles. The largest absolute Gasteiger partial charge is 0.387 e. The zero-order chi connectivity index (χ0) is 27.9. The first kappa shape index (κ1) is 25.5. The van der Waals surface area contributed by atoms with E-state index in [-0.39, 0.29) is 17.9 Å². The van der Waals surface area contributed by atoms with Crippen LogP contribution in [0.5, 0.6) is 0 Å². The Morgan fingerprint density at radius 1 is 0.854 bits per heavy atom. The maximum Gasteiger partial charge on any atom is 0.129 e. The van der Waals surface area contributed by atoms with Crippen molar-refractivity contribution < 1.29 is 14.6 Å². The summed E-state index contributed by atoms with van der Waals surface area (Å²) in [5.74, 6) is -0.243. The van der Waals surface area contributed by atoms with Crippen LogP contribution in [0.15, 0.2) is 91.6 Å². The number of aromatic nitrogens is 7. The smallest absolute Gasteiger partial charge is 0.129 e. The number of hydrogen-bond acceptors (Lipinski definition) is 7. The highest BCUT2D eigenvalue weighted by Crippen LogP contribution is 2.45. The molecule has 0 spiro atoms. The van der Waals surface area contributed by atoms with E-state index >= 15 is 0 Å². The standard InChI is InChI=1S/C15H12FN3OS.C15H14N4O/c16-10-3-1-2-9-12-7-17-8-19(12)11(14(9)10)6-13(20)15-18-4-5-21-15;20-15(12-6-16-8-18-12)5-13-10-3-1-2-4-11(10)14-7-17-9-19(13)14/h1-5,7-8,11,13,20H,6H2;1-4,6-9,13,15,20H,5H2,(H,16,18). The van der Waals surface area contributed by atoms with E-state index in [1.807, 2.05) is 40.7 Å². The van der Waals surface area contributed by atoms with Gasteiger partial charge in [0.15, 0.2) is 0 Å². The Balaban J connectivity index is 0.000000135. The summed E-state index contributed by atoms with van der Waals surface area (Å²) in [5.41, 5.74) is 6.67. The van der Waals surface area contributed by atoms with E-state index in [0.717, 1.165) is 22.6 Å². The van der Waals surface area contributed by atoms with Crippen LogP contribution in [0.3, 0.4) is 0 Å². The Labute approximate surface area is 238 Å². The third-order valence-electron chi connectivity index (χ3n) is 7.77. The monoisotopic (exact) mass is 567 g/mol. The van der Waals surface area contributed by atoms with Gasteiger partial charge >= 0.3 is 0 Å². The third-order valence-corrected chi connectivity index (χ3v) is 8.65. The van der Waals surface area contributed by atoms with Crippen LogP contribution in [0.4, 0.5) is 4.39 Å². The highest BCUT2D eigenvalue weighted by atomic mass is 32.1. The lowest BCUT2D eigenvalue weighted by atomic mass is 9.98. The zero-order valence-corrected chi connectivity index (χ0v) is 22.6.